The van der Waals surface area contributed by atoms with Gasteiger partial charge in [0.05, 0.1) is 6.61 Å². The maximum absolute atomic E-state index is 11.9. The van der Waals surface area contributed by atoms with E-state index in [2.05, 4.69) is 10.3 Å². The molecule has 8 heteroatoms. The predicted octanol–water partition coefficient (Wildman–Crippen LogP) is 3.00. The number of alkyl halides is 3. The van der Waals surface area contributed by atoms with Crippen molar-refractivity contribution in [2.24, 2.45) is 0 Å². The summed E-state index contributed by atoms with van der Waals surface area (Å²) >= 11 is 0. The fourth-order valence-electron chi connectivity index (χ4n) is 1.30. The van der Waals surface area contributed by atoms with Crippen LogP contribution in [0.25, 0.3) is 0 Å². The van der Waals surface area contributed by atoms with Crippen molar-refractivity contribution in [3.05, 3.63) is 12.0 Å². The zero-order valence-corrected chi connectivity index (χ0v) is 10.4. The van der Waals surface area contributed by atoms with Gasteiger partial charge in [0, 0.05) is 13.0 Å². The summed E-state index contributed by atoms with van der Waals surface area (Å²) in [5, 5.41) is 2.70. The van der Waals surface area contributed by atoms with Crippen LogP contribution in [0.1, 0.15) is 36.7 Å². The molecule has 0 radical (unpaired) electrons. The summed E-state index contributed by atoms with van der Waals surface area (Å²) in [6.45, 7) is 2.18. The Morgan fingerprint density at radius 1 is 1.47 bits per heavy atom. The highest BCUT2D eigenvalue weighted by Crippen LogP contribution is 2.22. The Balaban J connectivity index is 2.25. The lowest BCUT2D eigenvalue weighted by Gasteiger charge is -2.05. The Morgan fingerprint density at radius 2 is 2.21 bits per heavy atom. The summed E-state index contributed by atoms with van der Waals surface area (Å²) in [4.78, 5) is 15.0. The molecular formula is C11H15F3N2O3. The van der Waals surface area contributed by atoms with Crippen molar-refractivity contribution >= 4 is 12.0 Å². The fraction of sp³-hybridized carbons (Fsp3) is 0.636. The van der Waals surface area contributed by atoms with Crippen molar-refractivity contribution in [2.75, 3.05) is 18.5 Å². The van der Waals surface area contributed by atoms with Crippen LogP contribution >= 0.6 is 0 Å². The maximum Gasteiger partial charge on any atom is 0.389 e. The number of anilines is 1. The molecule has 1 aromatic heterocycles. The molecule has 0 saturated heterocycles. The molecule has 0 aliphatic heterocycles. The van der Waals surface area contributed by atoms with Gasteiger partial charge in [0.15, 0.2) is 5.69 Å². The van der Waals surface area contributed by atoms with E-state index in [4.69, 9.17) is 9.15 Å². The summed E-state index contributed by atoms with van der Waals surface area (Å²) in [6.07, 6.45) is -3.44. The Morgan fingerprint density at radius 3 is 2.84 bits per heavy atom. The summed E-state index contributed by atoms with van der Waals surface area (Å²) in [6, 6.07) is 0.0926. The van der Waals surface area contributed by atoms with E-state index in [0.29, 0.717) is 13.0 Å². The van der Waals surface area contributed by atoms with Gasteiger partial charge in [-0.15, -0.1) is 0 Å². The van der Waals surface area contributed by atoms with Crippen molar-refractivity contribution in [2.45, 2.75) is 32.4 Å². The van der Waals surface area contributed by atoms with Crippen molar-refractivity contribution in [3.63, 3.8) is 0 Å². The minimum absolute atomic E-state index is 0.0274. The smallest absolute Gasteiger partial charge is 0.389 e. The number of carbonyl (C=O) groups excluding carboxylic acids is 1. The quantitative estimate of drug-likeness (QED) is 0.614. The van der Waals surface area contributed by atoms with Crippen molar-refractivity contribution in [1.82, 2.24) is 4.98 Å². The molecule has 0 atom stereocenters. The van der Waals surface area contributed by atoms with E-state index in [0.717, 1.165) is 6.26 Å². The van der Waals surface area contributed by atoms with Gasteiger partial charge in [-0.2, -0.15) is 18.2 Å². The zero-order valence-electron chi connectivity index (χ0n) is 10.4. The molecule has 0 unspecified atom stereocenters. The van der Waals surface area contributed by atoms with Crippen LogP contribution in [0, 0.1) is 0 Å². The molecule has 1 aromatic rings. The van der Waals surface area contributed by atoms with Crippen LogP contribution < -0.4 is 5.32 Å². The molecule has 0 aliphatic carbocycles. The Bertz CT molecular complexity index is 404. The topological polar surface area (TPSA) is 64.4 Å². The zero-order chi connectivity index (χ0) is 14.3. The minimum atomic E-state index is -4.12. The number of rotatable bonds is 7. The molecule has 0 fully saturated rings. The van der Waals surface area contributed by atoms with Crippen LogP contribution in [0.4, 0.5) is 19.2 Å². The fourth-order valence-corrected chi connectivity index (χ4v) is 1.30. The molecule has 1 heterocycles. The number of unbranched alkanes of at least 4 members (excludes halogenated alkanes) is 1. The number of esters is 1. The SMILES string of the molecule is CCOC(=O)c1coc(NCCCCC(F)(F)F)n1. The molecule has 1 N–H and O–H groups in total. The number of ether oxygens (including phenoxy) is 1. The van der Waals surface area contributed by atoms with E-state index >= 15 is 0 Å². The lowest BCUT2D eigenvalue weighted by molar-refractivity contribution is -0.135. The normalized spacial score (nSPS) is 11.4. The van der Waals surface area contributed by atoms with E-state index in [1.165, 1.54) is 0 Å². The molecule has 0 amide bonds. The van der Waals surface area contributed by atoms with Crippen molar-refractivity contribution < 1.29 is 27.1 Å². The van der Waals surface area contributed by atoms with Crippen LogP contribution in [-0.4, -0.2) is 30.3 Å². The number of hydrogen-bond acceptors (Lipinski definition) is 5. The molecule has 0 saturated carbocycles. The lowest BCUT2D eigenvalue weighted by Crippen LogP contribution is -2.09. The lowest BCUT2D eigenvalue weighted by atomic mass is 10.2. The molecule has 0 spiro atoms. The van der Waals surface area contributed by atoms with Gasteiger partial charge >= 0.3 is 12.1 Å². The molecule has 0 bridgehead atoms. The first-order valence-corrected chi connectivity index (χ1v) is 5.85. The van der Waals surface area contributed by atoms with Crippen molar-refractivity contribution in [3.8, 4) is 0 Å². The number of hydrogen-bond donors (Lipinski definition) is 1. The van der Waals surface area contributed by atoms with Gasteiger partial charge < -0.3 is 14.5 Å². The third-order valence-corrected chi connectivity index (χ3v) is 2.15. The summed E-state index contributed by atoms with van der Waals surface area (Å²) in [5.74, 6) is -0.601. The number of oxazole rings is 1. The summed E-state index contributed by atoms with van der Waals surface area (Å²) < 4.78 is 45.2. The highest BCUT2D eigenvalue weighted by molar-refractivity contribution is 5.87. The minimum Gasteiger partial charge on any atom is -0.461 e. The standard InChI is InChI=1S/C11H15F3N2O3/c1-2-18-9(17)8-7-19-10(16-8)15-6-4-3-5-11(12,13)14/h7H,2-6H2,1H3,(H,15,16). The average molecular weight is 280 g/mol. The summed E-state index contributed by atoms with van der Waals surface area (Å²) in [7, 11) is 0. The second kappa shape index (κ2) is 7.01. The van der Waals surface area contributed by atoms with Crippen LogP contribution in [-0.2, 0) is 4.74 Å². The van der Waals surface area contributed by atoms with Gasteiger partial charge in [-0.05, 0) is 19.8 Å². The Labute approximate surface area is 108 Å². The third-order valence-electron chi connectivity index (χ3n) is 2.15. The van der Waals surface area contributed by atoms with E-state index in [1.807, 2.05) is 0 Å². The Hall–Kier alpha value is -1.73. The second-order valence-corrected chi connectivity index (χ2v) is 3.76. The molecule has 5 nitrogen and oxygen atoms in total. The van der Waals surface area contributed by atoms with Gasteiger partial charge in [-0.1, -0.05) is 0 Å². The van der Waals surface area contributed by atoms with E-state index in [-0.39, 0.29) is 24.7 Å². The summed E-state index contributed by atoms with van der Waals surface area (Å²) in [5.41, 5.74) is 0.0274. The van der Waals surface area contributed by atoms with E-state index < -0.39 is 18.6 Å². The van der Waals surface area contributed by atoms with Crippen LogP contribution in [0.5, 0.6) is 0 Å². The molecule has 1 rings (SSSR count). The number of halogens is 3. The number of aromatic nitrogens is 1. The van der Waals surface area contributed by atoms with Crippen LogP contribution in [0.15, 0.2) is 10.7 Å². The first-order valence-electron chi connectivity index (χ1n) is 5.85. The number of nitrogens with zero attached hydrogens (tertiary/aromatic N) is 1. The number of carbonyl (C=O) groups is 1. The third kappa shape index (κ3) is 6.12. The van der Waals surface area contributed by atoms with Gasteiger partial charge in [0.1, 0.15) is 6.26 Å². The van der Waals surface area contributed by atoms with Crippen LogP contribution in [0.3, 0.4) is 0 Å². The molecule has 108 valence electrons. The van der Waals surface area contributed by atoms with Crippen molar-refractivity contribution in [1.29, 1.82) is 0 Å². The first kappa shape index (κ1) is 15.3. The predicted molar refractivity (Wildman–Crippen MR) is 60.9 cm³/mol. The van der Waals surface area contributed by atoms with Gasteiger partial charge in [0.2, 0.25) is 0 Å². The second-order valence-electron chi connectivity index (χ2n) is 3.76. The first-order chi connectivity index (χ1) is 8.92. The monoisotopic (exact) mass is 280 g/mol. The van der Waals surface area contributed by atoms with E-state index in [1.54, 1.807) is 6.92 Å². The van der Waals surface area contributed by atoms with Gasteiger partial charge in [0.25, 0.3) is 6.01 Å². The van der Waals surface area contributed by atoms with Gasteiger partial charge in [-0.3, -0.25) is 0 Å². The molecule has 19 heavy (non-hydrogen) atoms. The highest BCUT2D eigenvalue weighted by Gasteiger charge is 2.25. The Kier molecular flexibility index (Phi) is 5.65. The maximum atomic E-state index is 11.9. The van der Waals surface area contributed by atoms with Gasteiger partial charge in [-0.25, -0.2) is 4.79 Å². The largest absolute Gasteiger partial charge is 0.461 e. The highest BCUT2D eigenvalue weighted by atomic mass is 19.4. The van der Waals surface area contributed by atoms with Crippen LogP contribution in [0.2, 0.25) is 0 Å². The molecule has 0 aliphatic rings. The van der Waals surface area contributed by atoms with E-state index in [9.17, 15) is 18.0 Å². The number of nitrogens with one attached hydrogen (secondary N) is 1. The average Bonchev–Trinajstić information content (AvgIpc) is 2.76. The molecular weight excluding hydrogens is 265 g/mol. The molecule has 0 aromatic carbocycles.